The fourth-order valence-corrected chi connectivity index (χ4v) is 5.11. The summed E-state index contributed by atoms with van der Waals surface area (Å²) in [5.41, 5.74) is 2.09. The van der Waals surface area contributed by atoms with E-state index in [1.54, 1.807) is 22.2 Å². The molecule has 3 aromatic rings. The van der Waals surface area contributed by atoms with Crippen molar-refractivity contribution in [3.8, 4) is 0 Å². The summed E-state index contributed by atoms with van der Waals surface area (Å²) in [7, 11) is 0. The number of nitrogens with one attached hydrogen (secondary N) is 1. The lowest BCUT2D eigenvalue weighted by Crippen LogP contribution is -2.32. The first-order chi connectivity index (χ1) is 12.7. The van der Waals surface area contributed by atoms with E-state index in [4.69, 9.17) is 4.74 Å². The van der Waals surface area contributed by atoms with Gasteiger partial charge >= 0.3 is 0 Å². The van der Waals surface area contributed by atoms with Crippen LogP contribution in [0.2, 0.25) is 0 Å². The maximum absolute atomic E-state index is 12.5. The molecule has 1 saturated heterocycles. The predicted molar refractivity (Wildman–Crippen MR) is 98.7 cm³/mol. The largest absolute Gasteiger partial charge is 0.376 e. The maximum Gasteiger partial charge on any atom is 0.291 e. The molecule has 136 valence electrons. The zero-order valence-electron chi connectivity index (χ0n) is 14.7. The van der Waals surface area contributed by atoms with E-state index in [0.29, 0.717) is 12.5 Å². The Bertz CT molecular complexity index is 988. The number of amides is 1. The zero-order valence-corrected chi connectivity index (χ0v) is 15.5. The summed E-state index contributed by atoms with van der Waals surface area (Å²) < 4.78 is 7.18. The highest BCUT2D eigenvalue weighted by atomic mass is 32.1. The first-order valence-electron chi connectivity index (χ1n) is 9.24. The van der Waals surface area contributed by atoms with Gasteiger partial charge in [-0.2, -0.15) is 0 Å². The van der Waals surface area contributed by atoms with Crippen LogP contribution in [0.15, 0.2) is 6.33 Å². The van der Waals surface area contributed by atoms with Crippen molar-refractivity contribution in [2.24, 2.45) is 5.92 Å². The molecule has 1 aliphatic carbocycles. The summed E-state index contributed by atoms with van der Waals surface area (Å²) >= 11 is 1.75. The van der Waals surface area contributed by atoms with Crippen LogP contribution < -0.4 is 5.32 Å². The lowest BCUT2D eigenvalue weighted by Gasteiger charge is -2.17. The molecule has 0 aromatic carbocycles. The van der Waals surface area contributed by atoms with Gasteiger partial charge in [0.2, 0.25) is 5.82 Å². The quantitative estimate of drug-likeness (QED) is 0.764. The molecule has 1 amide bonds. The molecule has 0 unspecified atom stereocenters. The van der Waals surface area contributed by atoms with E-state index in [1.807, 2.05) is 0 Å². The first-order valence-corrected chi connectivity index (χ1v) is 10.1. The number of nitrogens with zero attached hydrogens (tertiary/aromatic N) is 4. The number of carbonyl (C=O) groups is 1. The highest BCUT2D eigenvalue weighted by Gasteiger charge is 2.25. The van der Waals surface area contributed by atoms with Gasteiger partial charge in [0.25, 0.3) is 5.91 Å². The molecule has 26 heavy (non-hydrogen) atoms. The fraction of sp³-hybridized carbons (Fsp3) is 0.556. The van der Waals surface area contributed by atoms with Gasteiger partial charge < -0.3 is 10.1 Å². The second kappa shape index (κ2) is 6.28. The molecule has 5 rings (SSSR count). The van der Waals surface area contributed by atoms with Crippen molar-refractivity contribution in [3.05, 3.63) is 22.6 Å². The summed E-state index contributed by atoms with van der Waals surface area (Å²) in [4.78, 5) is 24.0. The number of aromatic nitrogens is 4. The molecule has 2 atom stereocenters. The molecule has 2 aliphatic rings. The number of hydrogen-bond acceptors (Lipinski definition) is 6. The fourth-order valence-electron chi connectivity index (χ4n) is 3.93. The Kier molecular flexibility index (Phi) is 3.90. The third kappa shape index (κ3) is 2.68. The normalized spacial score (nSPS) is 22.8. The highest BCUT2D eigenvalue weighted by Crippen LogP contribution is 2.38. The Morgan fingerprint density at radius 3 is 3.23 bits per heavy atom. The molecule has 1 aliphatic heterocycles. The van der Waals surface area contributed by atoms with E-state index in [2.05, 4.69) is 27.3 Å². The summed E-state index contributed by atoms with van der Waals surface area (Å²) in [6, 6.07) is 0. The Balaban J connectivity index is 1.49. The van der Waals surface area contributed by atoms with Crippen LogP contribution in [-0.2, 0) is 17.6 Å². The van der Waals surface area contributed by atoms with Gasteiger partial charge in [0.05, 0.1) is 11.5 Å². The smallest absolute Gasteiger partial charge is 0.291 e. The summed E-state index contributed by atoms with van der Waals surface area (Å²) in [6.45, 7) is 3.57. The van der Waals surface area contributed by atoms with E-state index in [9.17, 15) is 4.79 Å². The summed E-state index contributed by atoms with van der Waals surface area (Å²) in [6.07, 6.45) is 7.18. The molecule has 1 N–H and O–H groups in total. The van der Waals surface area contributed by atoms with Crippen molar-refractivity contribution in [1.82, 2.24) is 24.9 Å². The third-order valence-corrected chi connectivity index (χ3v) is 6.55. The lowest BCUT2D eigenvalue weighted by molar-refractivity contribution is 0.0849. The first kappa shape index (κ1) is 16.1. The van der Waals surface area contributed by atoms with E-state index in [1.165, 1.54) is 16.9 Å². The van der Waals surface area contributed by atoms with Crippen molar-refractivity contribution in [2.75, 3.05) is 13.2 Å². The average Bonchev–Trinajstić information content (AvgIpc) is 3.36. The second-order valence-corrected chi connectivity index (χ2v) is 8.41. The molecule has 7 nitrogen and oxygen atoms in total. The van der Waals surface area contributed by atoms with Crippen molar-refractivity contribution < 1.29 is 9.53 Å². The van der Waals surface area contributed by atoms with Crippen LogP contribution >= 0.6 is 11.3 Å². The Morgan fingerprint density at radius 2 is 2.38 bits per heavy atom. The molecule has 0 radical (unpaired) electrons. The third-order valence-electron chi connectivity index (χ3n) is 5.35. The Hall–Kier alpha value is -2.06. The number of carbonyl (C=O) groups excluding carboxylic acids is 1. The molecular weight excluding hydrogens is 350 g/mol. The van der Waals surface area contributed by atoms with Crippen molar-refractivity contribution in [2.45, 2.75) is 45.1 Å². The Morgan fingerprint density at radius 1 is 1.46 bits per heavy atom. The minimum Gasteiger partial charge on any atom is -0.376 e. The van der Waals surface area contributed by atoms with Gasteiger partial charge in [-0.15, -0.1) is 16.4 Å². The van der Waals surface area contributed by atoms with Gasteiger partial charge in [-0.3, -0.25) is 4.79 Å². The minimum atomic E-state index is -0.255. The van der Waals surface area contributed by atoms with Crippen molar-refractivity contribution in [3.63, 3.8) is 0 Å². The monoisotopic (exact) mass is 371 g/mol. The van der Waals surface area contributed by atoms with Gasteiger partial charge in [0.15, 0.2) is 5.65 Å². The van der Waals surface area contributed by atoms with Crippen LogP contribution in [-0.4, -0.2) is 44.7 Å². The number of fused-ring (bicyclic) bond motifs is 5. The molecule has 3 aromatic heterocycles. The van der Waals surface area contributed by atoms with Gasteiger partial charge in [-0.25, -0.2) is 14.5 Å². The van der Waals surface area contributed by atoms with Crippen molar-refractivity contribution >= 4 is 33.1 Å². The molecule has 4 heterocycles. The van der Waals surface area contributed by atoms with Gasteiger partial charge in [-0.05, 0) is 43.6 Å². The number of aryl methyl sites for hydroxylation is 1. The molecule has 1 fully saturated rings. The molecular formula is C18H21N5O2S. The van der Waals surface area contributed by atoms with Crippen LogP contribution in [0.25, 0.3) is 15.9 Å². The molecule has 0 spiro atoms. The lowest BCUT2D eigenvalue weighted by atomic mass is 9.89. The van der Waals surface area contributed by atoms with Crippen LogP contribution in [0.5, 0.6) is 0 Å². The Labute approximate surface area is 154 Å². The average molecular weight is 371 g/mol. The SMILES string of the molecule is C[C@@H]1CCc2sc3ncn4nc(C(=O)NC[C@@H]5CCCO5)nc4c3c2C1. The number of hydrogen-bond donors (Lipinski definition) is 1. The second-order valence-electron chi connectivity index (χ2n) is 7.33. The topological polar surface area (TPSA) is 81.4 Å². The van der Waals surface area contributed by atoms with Crippen LogP contribution in [0.4, 0.5) is 0 Å². The summed E-state index contributed by atoms with van der Waals surface area (Å²) in [5.74, 6) is 0.605. The standard InChI is InChI=1S/C18H21N5O2S/c1-10-4-5-13-12(7-10)14-16-21-15(22-23(16)9-20-18(14)26-13)17(24)19-8-11-3-2-6-25-11/h9-11H,2-8H2,1H3,(H,19,24)/t10-,11+/m1/s1. The maximum atomic E-state index is 12.5. The van der Waals surface area contributed by atoms with Gasteiger partial charge in [-0.1, -0.05) is 6.92 Å². The number of ether oxygens (including phenoxy) is 1. The van der Waals surface area contributed by atoms with Crippen LogP contribution in [0, 0.1) is 5.92 Å². The van der Waals surface area contributed by atoms with E-state index in [0.717, 1.165) is 48.2 Å². The molecule has 0 saturated carbocycles. The number of rotatable bonds is 3. The van der Waals surface area contributed by atoms with Gasteiger partial charge in [0.1, 0.15) is 11.2 Å². The van der Waals surface area contributed by atoms with Crippen LogP contribution in [0.3, 0.4) is 0 Å². The molecule has 0 bridgehead atoms. The van der Waals surface area contributed by atoms with E-state index in [-0.39, 0.29) is 17.8 Å². The number of thiophene rings is 1. The zero-order chi connectivity index (χ0) is 17.7. The van der Waals surface area contributed by atoms with Gasteiger partial charge in [0, 0.05) is 18.0 Å². The van der Waals surface area contributed by atoms with Crippen LogP contribution in [0.1, 0.15) is 47.2 Å². The van der Waals surface area contributed by atoms with E-state index < -0.39 is 0 Å². The minimum absolute atomic E-state index is 0.106. The summed E-state index contributed by atoms with van der Waals surface area (Å²) in [5, 5.41) is 8.32. The molecule has 8 heteroatoms. The van der Waals surface area contributed by atoms with E-state index >= 15 is 0 Å². The van der Waals surface area contributed by atoms with Crippen molar-refractivity contribution in [1.29, 1.82) is 0 Å². The highest BCUT2D eigenvalue weighted by molar-refractivity contribution is 7.19. The predicted octanol–water partition coefficient (Wildman–Crippen LogP) is 2.37.